The minimum atomic E-state index is 0.356. The molecule has 0 aromatic heterocycles. The highest BCUT2D eigenvalue weighted by molar-refractivity contribution is 4.83. The van der Waals surface area contributed by atoms with Crippen molar-refractivity contribution < 1.29 is 4.74 Å². The van der Waals surface area contributed by atoms with E-state index in [4.69, 9.17) is 4.74 Å². The molecule has 0 aromatic rings. The lowest BCUT2D eigenvalue weighted by molar-refractivity contribution is -0.0324. The van der Waals surface area contributed by atoms with Crippen molar-refractivity contribution in [3.05, 3.63) is 0 Å². The van der Waals surface area contributed by atoms with Crippen LogP contribution in [-0.2, 0) is 4.74 Å². The third kappa shape index (κ3) is 3.97. The Bertz CT molecular complexity index is 138. The number of ether oxygens (including phenoxy) is 1. The maximum Gasteiger partial charge on any atom is 0.0731 e. The Kier molecular flexibility index (Phi) is 4.90. The summed E-state index contributed by atoms with van der Waals surface area (Å²) in [7, 11) is 0. The molecule has 1 saturated carbocycles. The molecule has 14 heavy (non-hydrogen) atoms. The summed E-state index contributed by atoms with van der Waals surface area (Å²) in [6.45, 7) is 8.67. The molecule has 0 unspecified atom stereocenters. The van der Waals surface area contributed by atoms with Crippen LogP contribution in [0.25, 0.3) is 0 Å². The predicted molar refractivity (Wildman–Crippen MR) is 60.5 cm³/mol. The first kappa shape index (κ1) is 12.0. The Hall–Kier alpha value is -0.0800. The summed E-state index contributed by atoms with van der Waals surface area (Å²) in [5, 5.41) is 3.61. The standard InChI is InChI=1S/C12H25NO/c1-9(2)13-11-7-5-6-8-12(11)14-10(3)4/h9-13H,5-8H2,1-4H3/t11-,12-/m1/s1. The molecule has 0 heterocycles. The SMILES string of the molecule is CC(C)N[C@@H]1CCCC[C@H]1OC(C)C. The average Bonchev–Trinajstić information content (AvgIpc) is 2.06. The van der Waals surface area contributed by atoms with E-state index in [0.29, 0.717) is 24.3 Å². The molecule has 0 radical (unpaired) electrons. The lowest BCUT2D eigenvalue weighted by Crippen LogP contribution is -2.47. The van der Waals surface area contributed by atoms with Crippen LogP contribution in [0, 0.1) is 0 Å². The summed E-state index contributed by atoms with van der Waals surface area (Å²) in [6.07, 6.45) is 5.97. The Balaban J connectivity index is 2.41. The summed E-state index contributed by atoms with van der Waals surface area (Å²) < 4.78 is 5.94. The molecule has 1 aliphatic rings. The van der Waals surface area contributed by atoms with Gasteiger partial charge in [0.2, 0.25) is 0 Å². The Labute approximate surface area is 88.4 Å². The summed E-state index contributed by atoms with van der Waals surface area (Å²) >= 11 is 0. The van der Waals surface area contributed by atoms with Crippen LogP contribution in [0.5, 0.6) is 0 Å². The number of hydrogen-bond donors (Lipinski definition) is 1. The lowest BCUT2D eigenvalue weighted by atomic mass is 9.92. The van der Waals surface area contributed by atoms with Crippen molar-refractivity contribution in [1.29, 1.82) is 0 Å². The van der Waals surface area contributed by atoms with Gasteiger partial charge in [0, 0.05) is 12.1 Å². The second-order valence-electron chi connectivity index (χ2n) is 4.94. The smallest absolute Gasteiger partial charge is 0.0731 e. The second-order valence-corrected chi connectivity index (χ2v) is 4.94. The fraction of sp³-hybridized carbons (Fsp3) is 1.00. The van der Waals surface area contributed by atoms with Crippen LogP contribution in [0.2, 0.25) is 0 Å². The van der Waals surface area contributed by atoms with Crippen molar-refractivity contribution in [2.75, 3.05) is 0 Å². The zero-order valence-corrected chi connectivity index (χ0v) is 10.0. The zero-order chi connectivity index (χ0) is 10.6. The van der Waals surface area contributed by atoms with Crippen molar-refractivity contribution in [3.63, 3.8) is 0 Å². The largest absolute Gasteiger partial charge is 0.374 e. The summed E-state index contributed by atoms with van der Waals surface area (Å²) in [5.41, 5.74) is 0. The molecule has 0 bridgehead atoms. The van der Waals surface area contributed by atoms with Crippen LogP contribution >= 0.6 is 0 Å². The highest BCUT2D eigenvalue weighted by Gasteiger charge is 2.26. The van der Waals surface area contributed by atoms with Crippen molar-refractivity contribution in [3.8, 4) is 0 Å². The first-order valence-corrected chi connectivity index (χ1v) is 6.01. The van der Waals surface area contributed by atoms with Crippen LogP contribution in [0.15, 0.2) is 0 Å². The molecule has 2 nitrogen and oxygen atoms in total. The van der Waals surface area contributed by atoms with E-state index in [1.165, 1.54) is 25.7 Å². The fourth-order valence-corrected chi connectivity index (χ4v) is 2.23. The van der Waals surface area contributed by atoms with Gasteiger partial charge in [0.1, 0.15) is 0 Å². The zero-order valence-electron chi connectivity index (χ0n) is 10.0. The van der Waals surface area contributed by atoms with Gasteiger partial charge < -0.3 is 10.1 Å². The van der Waals surface area contributed by atoms with Gasteiger partial charge >= 0.3 is 0 Å². The lowest BCUT2D eigenvalue weighted by Gasteiger charge is -2.34. The Morgan fingerprint density at radius 3 is 2.29 bits per heavy atom. The highest BCUT2D eigenvalue weighted by atomic mass is 16.5. The molecular weight excluding hydrogens is 174 g/mol. The number of rotatable bonds is 4. The quantitative estimate of drug-likeness (QED) is 0.751. The van der Waals surface area contributed by atoms with Gasteiger partial charge in [-0.15, -0.1) is 0 Å². The minimum Gasteiger partial charge on any atom is -0.374 e. The van der Waals surface area contributed by atoms with Gasteiger partial charge in [0.15, 0.2) is 0 Å². The van der Waals surface area contributed by atoms with E-state index < -0.39 is 0 Å². The number of hydrogen-bond acceptors (Lipinski definition) is 2. The molecule has 0 aliphatic heterocycles. The van der Waals surface area contributed by atoms with Gasteiger partial charge in [-0.2, -0.15) is 0 Å². The normalized spacial score (nSPS) is 28.7. The Morgan fingerprint density at radius 1 is 1.07 bits per heavy atom. The fourth-order valence-electron chi connectivity index (χ4n) is 2.23. The van der Waals surface area contributed by atoms with Crippen molar-refractivity contribution in [2.24, 2.45) is 0 Å². The second kappa shape index (κ2) is 5.72. The molecule has 0 amide bonds. The monoisotopic (exact) mass is 199 g/mol. The summed E-state index contributed by atoms with van der Waals surface area (Å²) in [6, 6.07) is 1.14. The van der Waals surface area contributed by atoms with E-state index in [1.54, 1.807) is 0 Å². The van der Waals surface area contributed by atoms with Crippen LogP contribution in [0.1, 0.15) is 53.4 Å². The molecule has 0 aromatic carbocycles. The van der Waals surface area contributed by atoms with Gasteiger partial charge in [-0.1, -0.05) is 26.7 Å². The van der Waals surface area contributed by atoms with E-state index in [9.17, 15) is 0 Å². The minimum absolute atomic E-state index is 0.356. The topological polar surface area (TPSA) is 21.3 Å². The summed E-state index contributed by atoms with van der Waals surface area (Å²) in [4.78, 5) is 0. The first-order chi connectivity index (χ1) is 6.59. The average molecular weight is 199 g/mol. The van der Waals surface area contributed by atoms with Crippen molar-refractivity contribution in [2.45, 2.75) is 77.7 Å². The van der Waals surface area contributed by atoms with Crippen LogP contribution in [0.4, 0.5) is 0 Å². The maximum absolute atomic E-state index is 5.94. The maximum atomic E-state index is 5.94. The van der Waals surface area contributed by atoms with E-state index in [1.807, 2.05) is 0 Å². The van der Waals surface area contributed by atoms with Gasteiger partial charge in [0.05, 0.1) is 12.2 Å². The van der Waals surface area contributed by atoms with Crippen LogP contribution < -0.4 is 5.32 Å². The molecule has 2 atom stereocenters. The summed E-state index contributed by atoms with van der Waals surface area (Å²) in [5.74, 6) is 0. The van der Waals surface area contributed by atoms with Gasteiger partial charge in [-0.3, -0.25) is 0 Å². The molecule has 84 valence electrons. The molecule has 1 N–H and O–H groups in total. The molecule has 0 saturated heterocycles. The molecule has 0 spiro atoms. The molecule has 1 fully saturated rings. The van der Waals surface area contributed by atoms with Crippen molar-refractivity contribution >= 4 is 0 Å². The number of nitrogens with one attached hydrogen (secondary N) is 1. The van der Waals surface area contributed by atoms with Crippen LogP contribution in [0.3, 0.4) is 0 Å². The predicted octanol–water partition coefficient (Wildman–Crippen LogP) is 2.72. The molecule has 1 aliphatic carbocycles. The highest BCUT2D eigenvalue weighted by Crippen LogP contribution is 2.22. The molecule has 1 rings (SSSR count). The molecular formula is C12H25NO. The van der Waals surface area contributed by atoms with E-state index in [0.717, 1.165) is 0 Å². The first-order valence-electron chi connectivity index (χ1n) is 6.01. The molecule has 2 heteroatoms. The van der Waals surface area contributed by atoms with Gasteiger partial charge in [-0.25, -0.2) is 0 Å². The van der Waals surface area contributed by atoms with E-state index in [-0.39, 0.29) is 0 Å². The van der Waals surface area contributed by atoms with Crippen LogP contribution in [-0.4, -0.2) is 24.3 Å². The Morgan fingerprint density at radius 2 is 1.71 bits per heavy atom. The van der Waals surface area contributed by atoms with E-state index >= 15 is 0 Å². The van der Waals surface area contributed by atoms with Crippen molar-refractivity contribution in [1.82, 2.24) is 5.32 Å². The third-order valence-corrected chi connectivity index (χ3v) is 2.70. The third-order valence-electron chi connectivity index (χ3n) is 2.70. The van der Waals surface area contributed by atoms with Gasteiger partial charge in [0.25, 0.3) is 0 Å². The van der Waals surface area contributed by atoms with Gasteiger partial charge in [-0.05, 0) is 26.7 Å². The van der Waals surface area contributed by atoms with E-state index in [2.05, 4.69) is 33.0 Å².